The molecule has 11 nitrogen and oxygen atoms in total. The molecule has 0 amide bonds. The third-order valence-corrected chi connectivity index (χ3v) is 8.88. The number of aryl methyl sites for hydroxylation is 1. The minimum absolute atomic E-state index is 0.0824. The zero-order valence-corrected chi connectivity index (χ0v) is 30.5. The van der Waals surface area contributed by atoms with Gasteiger partial charge in [0.05, 0.1) is 14.2 Å². The number of carboxylic acids is 2. The van der Waals surface area contributed by atoms with Gasteiger partial charge in [0.25, 0.3) is 0 Å². The molecule has 52 heavy (non-hydrogen) atoms. The molecule has 0 spiro atoms. The number of ether oxygens (including phenoxy) is 4. The van der Waals surface area contributed by atoms with Crippen molar-refractivity contribution < 1.29 is 47.5 Å². The van der Waals surface area contributed by atoms with Gasteiger partial charge in [0.2, 0.25) is 29.7 Å². The van der Waals surface area contributed by atoms with E-state index in [1.807, 2.05) is 50.2 Å². The van der Waals surface area contributed by atoms with E-state index in [1.54, 1.807) is 12.1 Å². The van der Waals surface area contributed by atoms with E-state index < -0.39 is 30.8 Å². The van der Waals surface area contributed by atoms with Crippen molar-refractivity contribution in [3.05, 3.63) is 92.0 Å². The van der Waals surface area contributed by atoms with Gasteiger partial charge >= 0.3 is 11.9 Å². The summed E-state index contributed by atoms with van der Waals surface area (Å²) in [7, 11) is 2.87. The maximum atomic E-state index is 13.5. The van der Waals surface area contributed by atoms with Crippen molar-refractivity contribution in [1.29, 1.82) is 0 Å². The molecule has 2 aromatic carbocycles. The Bertz CT molecular complexity index is 1760. The number of methoxy groups -OCH3 is 2. The summed E-state index contributed by atoms with van der Waals surface area (Å²) < 4.78 is 49.8. The third-order valence-electron chi connectivity index (χ3n) is 8.34. The molecule has 0 bridgehead atoms. The Morgan fingerprint density at radius 2 is 1.23 bits per heavy atom. The quantitative estimate of drug-likeness (QED) is 0.0872. The molecule has 4 aromatic rings. The summed E-state index contributed by atoms with van der Waals surface area (Å²) in [6.07, 6.45) is -3.53. The molecule has 278 valence electrons. The molecule has 0 aliphatic carbocycles. The van der Waals surface area contributed by atoms with Gasteiger partial charge in [-0.2, -0.15) is 9.97 Å². The van der Waals surface area contributed by atoms with Gasteiger partial charge in [-0.1, -0.05) is 59.6 Å². The highest BCUT2D eigenvalue weighted by molar-refractivity contribution is 6.32. The van der Waals surface area contributed by atoms with Crippen LogP contribution in [0.4, 0.5) is 8.78 Å². The zero-order chi connectivity index (χ0) is 37.9. The van der Waals surface area contributed by atoms with Gasteiger partial charge in [-0.05, 0) is 78.6 Å². The minimum Gasteiger partial charge on any atom is -0.481 e. The van der Waals surface area contributed by atoms with Crippen molar-refractivity contribution in [1.82, 2.24) is 15.3 Å². The lowest BCUT2D eigenvalue weighted by molar-refractivity contribution is -0.143. The lowest BCUT2D eigenvalue weighted by Crippen LogP contribution is -2.29. The van der Waals surface area contributed by atoms with Crippen LogP contribution in [0.15, 0.2) is 48.5 Å². The summed E-state index contributed by atoms with van der Waals surface area (Å²) in [5.74, 6) is -2.28. The van der Waals surface area contributed by atoms with Crippen molar-refractivity contribution in [2.45, 2.75) is 65.2 Å². The normalized spacial score (nSPS) is 12.2. The van der Waals surface area contributed by atoms with Gasteiger partial charge in [-0.3, -0.25) is 0 Å². The van der Waals surface area contributed by atoms with Gasteiger partial charge < -0.3 is 34.5 Å². The Hall–Kier alpha value is -4.72. The number of nitrogens with zero attached hydrogens (tertiary/aromatic N) is 2. The predicted molar refractivity (Wildman–Crippen MR) is 191 cm³/mol. The average Bonchev–Trinajstić information content (AvgIpc) is 3.11. The molecule has 2 aromatic heterocycles. The number of aromatic nitrogens is 2. The first-order valence-electron chi connectivity index (χ1n) is 16.2. The second-order valence-corrected chi connectivity index (χ2v) is 12.6. The van der Waals surface area contributed by atoms with Crippen LogP contribution in [0.1, 0.15) is 46.2 Å². The van der Waals surface area contributed by atoms with E-state index in [0.717, 1.165) is 33.4 Å². The second kappa shape index (κ2) is 18.7. The Balaban J connectivity index is 1.46. The lowest BCUT2D eigenvalue weighted by Gasteiger charge is -2.17. The highest BCUT2D eigenvalue weighted by Gasteiger charge is 2.20. The van der Waals surface area contributed by atoms with Crippen LogP contribution in [-0.2, 0) is 35.8 Å². The molecule has 3 N–H and O–H groups in total. The molecular weight excluding hydrogens is 723 g/mol. The molecule has 2 heterocycles. The maximum Gasteiger partial charge on any atom is 0.339 e. The smallest absolute Gasteiger partial charge is 0.339 e. The molecule has 4 rings (SSSR count). The van der Waals surface area contributed by atoms with Gasteiger partial charge in [-0.25, -0.2) is 18.4 Å². The largest absolute Gasteiger partial charge is 0.481 e. The number of benzene rings is 2. The topological polar surface area (TPSA) is 149 Å². The summed E-state index contributed by atoms with van der Waals surface area (Å²) >= 11 is 13.0. The number of hydrogen-bond acceptors (Lipinski definition) is 9. The van der Waals surface area contributed by atoms with E-state index in [2.05, 4.69) is 15.3 Å². The number of alkyl halides is 2. The molecule has 0 radical (unpaired) electrons. The summed E-state index contributed by atoms with van der Waals surface area (Å²) in [5, 5.41) is 20.7. The Kier molecular flexibility index (Phi) is 14.4. The van der Waals surface area contributed by atoms with E-state index in [0.29, 0.717) is 17.5 Å². The summed E-state index contributed by atoms with van der Waals surface area (Å²) in [6, 6.07) is 15.0. The Labute approximate surface area is 309 Å². The van der Waals surface area contributed by atoms with Crippen LogP contribution in [0.25, 0.3) is 11.1 Å². The number of nitrogens with one attached hydrogen (secondary N) is 1. The number of carboxylic acid groups (broad SMARTS) is 2. The number of hydrogen-bond donors (Lipinski definition) is 3. The highest BCUT2D eigenvalue weighted by Crippen LogP contribution is 2.34. The summed E-state index contributed by atoms with van der Waals surface area (Å²) in [5.41, 5.74) is 6.81. The van der Waals surface area contributed by atoms with Crippen LogP contribution in [0.5, 0.6) is 23.5 Å². The Morgan fingerprint density at radius 1 is 0.750 bits per heavy atom. The lowest BCUT2D eigenvalue weighted by atomic mass is 9.92. The number of aliphatic carboxylic acids is 2. The summed E-state index contributed by atoms with van der Waals surface area (Å²) in [4.78, 5) is 30.3. The van der Waals surface area contributed by atoms with E-state index in [-0.39, 0.29) is 66.2 Å². The van der Waals surface area contributed by atoms with Crippen LogP contribution in [-0.4, -0.2) is 65.2 Å². The standard InChI is InChI=1S/C37H39Cl2F2N3O8/c1-20-23(18-51-34-28(38)14-22(32(43-34)49-3)8-7-13-30(40)36(45)46)9-5-11-26(20)27-12-6-10-24(21(27)2)19-52-35-29(39)15-25(33(44-35)50-4)16-42-17-31(41)37(47)48/h5-6,9-12,14-15,30-31,42H,7-8,13,16-19H2,1-4H3,(H,45,46)(H,47,48)/t30-,31-/m1/s1. The minimum atomic E-state index is -2.05. The van der Waals surface area contributed by atoms with Crippen molar-refractivity contribution in [2.24, 2.45) is 0 Å². The van der Waals surface area contributed by atoms with Crippen LogP contribution < -0.4 is 24.3 Å². The van der Waals surface area contributed by atoms with Gasteiger partial charge in [0.15, 0.2) is 6.17 Å². The van der Waals surface area contributed by atoms with Crippen molar-refractivity contribution in [3.8, 4) is 34.6 Å². The molecule has 0 aliphatic rings. The first kappa shape index (κ1) is 40.1. The first-order valence-corrected chi connectivity index (χ1v) is 16.9. The molecular formula is C37H39Cl2F2N3O8. The molecule has 0 fully saturated rings. The highest BCUT2D eigenvalue weighted by atomic mass is 35.5. The number of carbonyl (C=O) groups is 2. The van der Waals surface area contributed by atoms with Crippen LogP contribution >= 0.6 is 23.2 Å². The third kappa shape index (κ3) is 10.2. The van der Waals surface area contributed by atoms with Crippen molar-refractivity contribution in [2.75, 3.05) is 20.8 Å². The van der Waals surface area contributed by atoms with Crippen LogP contribution in [0, 0.1) is 13.8 Å². The molecule has 15 heteroatoms. The van der Waals surface area contributed by atoms with Gasteiger partial charge in [0, 0.05) is 24.2 Å². The summed E-state index contributed by atoms with van der Waals surface area (Å²) in [6.45, 7) is 3.98. The molecule has 2 atom stereocenters. The predicted octanol–water partition coefficient (Wildman–Crippen LogP) is 7.50. The van der Waals surface area contributed by atoms with Gasteiger partial charge in [0.1, 0.15) is 23.3 Å². The fourth-order valence-corrected chi connectivity index (χ4v) is 5.88. The average molecular weight is 763 g/mol. The fourth-order valence-electron chi connectivity index (χ4n) is 5.42. The van der Waals surface area contributed by atoms with E-state index in [1.165, 1.54) is 14.2 Å². The van der Waals surface area contributed by atoms with Crippen molar-refractivity contribution in [3.63, 3.8) is 0 Å². The molecule has 0 unspecified atom stereocenters. The monoisotopic (exact) mass is 761 g/mol. The fraction of sp³-hybridized carbons (Fsp3) is 0.351. The van der Waals surface area contributed by atoms with Gasteiger partial charge in [-0.15, -0.1) is 0 Å². The van der Waals surface area contributed by atoms with Crippen molar-refractivity contribution >= 4 is 35.1 Å². The number of pyridine rings is 2. The molecule has 0 aliphatic heterocycles. The van der Waals surface area contributed by atoms with E-state index in [4.69, 9.17) is 52.4 Å². The molecule has 0 saturated carbocycles. The first-order chi connectivity index (χ1) is 24.8. The van der Waals surface area contributed by atoms with Crippen LogP contribution in [0.3, 0.4) is 0 Å². The van der Waals surface area contributed by atoms with E-state index in [9.17, 15) is 18.4 Å². The SMILES string of the molecule is COc1nc(OCc2cccc(-c3cccc(COc4nc(OC)c(CNC[C@@H](F)C(=O)O)cc4Cl)c3C)c2C)c(Cl)cc1CCC[C@@H](F)C(=O)O. The number of rotatable bonds is 19. The van der Waals surface area contributed by atoms with Crippen LogP contribution in [0.2, 0.25) is 10.0 Å². The molecule has 0 saturated heterocycles. The van der Waals surface area contributed by atoms with E-state index >= 15 is 0 Å². The zero-order valence-electron chi connectivity index (χ0n) is 29.0. The second-order valence-electron chi connectivity index (χ2n) is 11.8. The maximum absolute atomic E-state index is 13.5. The number of halogens is 4. The Morgan fingerprint density at radius 3 is 1.71 bits per heavy atom.